The van der Waals surface area contributed by atoms with Crippen LogP contribution in [0.25, 0.3) is 0 Å². The molecule has 0 saturated heterocycles. The van der Waals surface area contributed by atoms with Crippen molar-refractivity contribution >= 4 is 21.8 Å². The molecular weight excluding hydrogens is 298 g/mol. The molecule has 0 heterocycles. The van der Waals surface area contributed by atoms with Gasteiger partial charge in [0.1, 0.15) is 12.4 Å². The summed E-state index contributed by atoms with van der Waals surface area (Å²) in [6, 6.07) is 6.15. The highest BCUT2D eigenvalue weighted by molar-refractivity contribution is 7.98. The molecule has 7 heteroatoms. The lowest BCUT2D eigenvalue weighted by Gasteiger charge is -2.23. The fourth-order valence-electron chi connectivity index (χ4n) is 1.62. The lowest BCUT2D eigenvalue weighted by molar-refractivity contribution is 0.201. The van der Waals surface area contributed by atoms with Crippen LogP contribution in [-0.2, 0) is 10.0 Å². The van der Waals surface area contributed by atoms with Crippen molar-refractivity contribution in [2.75, 3.05) is 32.3 Å². The number of thioether (sulfide) groups is 1. The average Bonchev–Trinajstić information content (AvgIpc) is 2.45. The van der Waals surface area contributed by atoms with Gasteiger partial charge in [0, 0.05) is 18.8 Å². The van der Waals surface area contributed by atoms with Gasteiger partial charge in [-0.2, -0.15) is 16.1 Å². The van der Waals surface area contributed by atoms with E-state index in [1.54, 1.807) is 30.9 Å². The Balaban J connectivity index is 2.87. The van der Waals surface area contributed by atoms with Crippen molar-refractivity contribution in [3.8, 4) is 5.75 Å². The first-order valence-electron chi connectivity index (χ1n) is 6.24. The van der Waals surface area contributed by atoms with Gasteiger partial charge in [-0.25, -0.2) is 8.42 Å². The van der Waals surface area contributed by atoms with Gasteiger partial charge in [-0.05, 0) is 37.4 Å². The molecule has 0 aliphatic heterocycles. The summed E-state index contributed by atoms with van der Waals surface area (Å²) in [5, 5.41) is 8.67. The van der Waals surface area contributed by atoms with E-state index in [1.807, 2.05) is 13.2 Å². The van der Waals surface area contributed by atoms with Crippen molar-refractivity contribution in [2.24, 2.45) is 0 Å². The first-order chi connectivity index (χ1) is 9.43. The van der Waals surface area contributed by atoms with Crippen LogP contribution in [0.3, 0.4) is 0 Å². The highest BCUT2D eigenvalue weighted by atomic mass is 32.2. The molecule has 0 saturated carbocycles. The highest BCUT2D eigenvalue weighted by Gasteiger charge is 2.24. The maximum Gasteiger partial charge on any atom is 0.243 e. The second-order valence-electron chi connectivity index (χ2n) is 4.37. The third kappa shape index (κ3) is 4.37. The first-order valence-corrected chi connectivity index (χ1v) is 9.07. The minimum Gasteiger partial charge on any atom is -0.491 e. The average molecular weight is 319 g/mol. The molecule has 0 aliphatic rings. The molecule has 0 fully saturated rings. The Morgan fingerprint density at radius 2 is 1.95 bits per heavy atom. The molecular formula is C13H21NO4S2. The maximum absolute atomic E-state index is 12.4. The second kappa shape index (κ2) is 7.87. The van der Waals surface area contributed by atoms with E-state index in [0.717, 1.165) is 5.75 Å². The Labute approximate surface area is 125 Å². The normalized spacial score (nSPS) is 13.4. The molecule has 0 radical (unpaired) electrons. The molecule has 0 aromatic heterocycles. The Morgan fingerprint density at radius 3 is 2.45 bits per heavy atom. The monoisotopic (exact) mass is 319 g/mol. The molecule has 114 valence electrons. The number of rotatable bonds is 8. The van der Waals surface area contributed by atoms with E-state index < -0.39 is 10.0 Å². The number of ether oxygens (including phenoxy) is 1. The molecule has 1 N–H and O–H groups in total. The fraction of sp³-hybridized carbons (Fsp3) is 0.538. The third-order valence-electron chi connectivity index (χ3n) is 2.89. The Morgan fingerprint density at radius 1 is 1.35 bits per heavy atom. The second-order valence-corrected chi connectivity index (χ2v) is 7.28. The van der Waals surface area contributed by atoms with E-state index in [1.165, 1.54) is 16.4 Å². The molecule has 5 nitrogen and oxygen atoms in total. The molecule has 1 rings (SSSR count). The molecule has 0 aliphatic carbocycles. The van der Waals surface area contributed by atoms with Gasteiger partial charge in [-0.3, -0.25) is 0 Å². The van der Waals surface area contributed by atoms with E-state index in [-0.39, 0.29) is 24.2 Å². The summed E-state index contributed by atoms with van der Waals surface area (Å²) in [5.41, 5.74) is 0. The van der Waals surface area contributed by atoms with Crippen molar-refractivity contribution in [1.29, 1.82) is 0 Å². The SMILES string of the molecule is CSCC(C)N(C)S(=O)(=O)c1ccc(OCCO)cc1. The van der Waals surface area contributed by atoms with Crippen LogP contribution in [0.5, 0.6) is 5.75 Å². The lowest BCUT2D eigenvalue weighted by Crippen LogP contribution is -2.36. The van der Waals surface area contributed by atoms with Crippen LogP contribution < -0.4 is 4.74 Å². The summed E-state index contributed by atoms with van der Waals surface area (Å²) >= 11 is 1.61. The zero-order valence-corrected chi connectivity index (χ0v) is 13.6. The van der Waals surface area contributed by atoms with Gasteiger partial charge >= 0.3 is 0 Å². The van der Waals surface area contributed by atoms with Gasteiger partial charge in [0.05, 0.1) is 11.5 Å². The summed E-state index contributed by atoms with van der Waals surface area (Å²) in [6.07, 6.45) is 1.95. The number of benzene rings is 1. The van der Waals surface area contributed by atoms with Gasteiger partial charge in [0.15, 0.2) is 0 Å². The molecule has 1 atom stereocenters. The summed E-state index contributed by atoms with van der Waals surface area (Å²) < 4.78 is 31.4. The van der Waals surface area contributed by atoms with Crippen molar-refractivity contribution in [2.45, 2.75) is 17.9 Å². The summed E-state index contributed by atoms with van der Waals surface area (Å²) in [6.45, 7) is 2.00. The van der Waals surface area contributed by atoms with Gasteiger partial charge in [-0.1, -0.05) is 0 Å². The van der Waals surface area contributed by atoms with Crippen LogP contribution in [0, 0.1) is 0 Å². The van der Waals surface area contributed by atoms with Crippen LogP contribution >= 0.6 is 11.8 Å². The molecule has 0 bridgehead atoms. The predicted octanol–water partition coefficient (Wildman–Crippen LogP) is 1.43. The summed E-state index contributed by atoms with van der Waals surface area (Å²) in [4.78, 5) is 0.240. The van der Waals surface area contributed by atoms with Crippen LogP contribution in [0.4, 0.5) is 0 Å². The number of hydrogen-bond donors (Lipinski definition) is 1. The standard InChI is InChI=1S/C13H21NO4S2/c1-11(10-19-3)14(2)20(16,17)13-6-4-12(5-7-13)18-9-8-15/h4-7,11,15H,8-10H2,1-3H3. The fourth-order valence-corrected chi connectivity index (χ4v) is 3.78. The van der Waals surface area contributed by atoms with Crippen molar-refractivity contribution in [3.63, 3.8) is 0 Å². The van der Waals surface area contributed by atoms with E-state index in [4.69, 9.17) is 9.84 Å². The molecule has 1 aromatic rings. The van der Waals surface area contributed by atoms with E-state index in [9.17, 15) is 8.42 Å². The van der Waals surface area contributed by atoms with E-state index >= 15 is 0 Å². The van der Waals surface area contributed by atoms with Crippen LogP contribution in [-0.4, -0.2) is 56.1 Å². The summed E-state index contributed by atoms with van der Waals surface area (Å²) in [5.74, 6) is 1.28. The van der Waals surface area contributed by atoms with Gasteiger partial charge in [-0.15, -0.1) is 0 Å². The third-order valence-corrected chi connectivity index (χ3v) is 5.69. The van der Waals surface area contributed by atoms with E-state index in [2.05, 4.69) is 0 Å². The van der Waals surface area contributed by atoms with Crippen LogP contribution in [0.2, 0.25) is 0 Å². The predicted molar refractivity (Wildman–Crippen MR) is 81.8 cm³/mol. The van der Waals surface area contributed by atoms with Crippen molar-refractivity contribution in [1.82, 2.24) is 4.31 Å². The lowest BCUT2D eigenvalue weighted by atomic mass is 10.3. The Kier molecular flexibility index (Phi) is 6.81. The molecule has 1 aromatic carbocycles. The number of sulfonamides is 1. The van der Waals surface area contributed by atoms with Gasteiger partial charge in [0.2, 0.25) is 10.0 Å². The highest BCUT2D eigenvalue weighted by Crippen LogP contribution is 2.21. The minimum absolute atomic E-state index is 0.0692. The topological polar surface area (TPSA) is 66.8 Å². The molecule has 1 unspecified atom stereocenters. The van der Waals surface area contributed by atoms with Gasteiger partial charge in [0.25, 0.3) is 0 Å². The van der Waals surface area contributed by atoms with Crippen molar-refractivity contribution < 1.29 is 18.3 Å². The quantitative estimate of drug-likeness (QED) is 0.785. The van der Waals surface area contributed by atoms with E-state index in [0.29, 0.717) is 5.75 Å². The minimum atomic E-state index is -3.48. The van der Waals surface area contributed by atoms with Crippen LogP contribution in [0.15, 0.2) is 29.2 Å². The first kappa shape index (κ1) is 17.3. The number of hydrogen-bond acceptors (Lipinski definition) is 5. The maximum atomic E-state index is 12.4. The Bertz CT molecular complexity index is 502. The van der Waals surface area contributed by atoms with Crippen molar-refractivity contribution in [3.05, 3.63) is 24.3 Å². The summed E-state index contributed by atoms with van der Waals surface area (Å²) in [7, 11) is -1.89. The number of nitrogens with zero attached hydrogens (tertiary/aromatic N) is 1. The zero-order chi connectivity index (χ0) is 15.2. The molecule has 0 amide bonds. The number of aliphatic hydroxyl groups is 1. The number of aliphatic hydroxyl groups excluding tert-OH is 1. The largest absolute Gasteiger partial charge is 0.491 e. The molecule has 0 spiro atoms. The molecule has 20 heavy (non-hydrogen) atoms. The smallest absolute Gasteiger partial charge is 0.243 e. The zero-order valence-electron chi connectivity index (χ0n) is 11.9. The van der Waals surface area contributed by atoms with Crippen LogP contribution in [0.1, 0.15) is 6.92 Å². The Hall–Kier alpha value is -0.760. The van der Waals surface area contributed by atoms with Gasteiger partial charge < -0.3 is 9.84 Å².